The molecule has 1 aromatic heterocycles. The van der Waals surface area contributed by atoms with Gasteiger partial charge < -0.3 is 14.6 Å². The number of aromatic nitrogens is 2. The van der Waals surface area contributed by atoms with Gasteiger partial charge in [0.25, 0.3) is 5.91 Å². The van der Waals surface area contributed by atoms with Crippen molar-refractivity contribution < 1.29 is 9.53 Å². The second-order valence-electron chi connectivity index (χ2n) is 8.44. The first kappa shape index (κ1) is 23.3. The van der Waals surface area contributed by atoms with E-state index in [1.165, 1.54) is 0 Å². The third-order valence-electron chi connectivity index (χ3n) is 5.90. The number of hydrogen-bond donors (Lipinski definition) is 1. The second-order valence-corrected chi connectivity index (χ2v) is 8.44. The Morgan fingerprint density at radius 1 is 1.09 bits per heavy atom. The number of carbonyl (C=O) groups is 1. The van der Waals surface area contributed by atoms with Crippen molar-refractivity contribution in [3.05, 3.63) is 107 Å². The maximum atomic E-state index is 12.7. The molecule has 3 aromatic carbocycles. The van der Waals surface area contributed by atoms with E-state index in [4.69, 9.17) is 9.72 Å². The lowest BCUT2D eigenvalue weighted by Crippen LogP contribution is -2.27. The summed E-state index contributed by atoms with van der Waals surface area (Å²) in [7, 11) is 0. The average molecular weight is 454 g/mol. The maximum absolute atomic E-state index is 12.7. The van der Waals surface area contributed by atoms with Gasteiger partial charge in [0, 0.05) is 18.5 Å². The van der Waals surface area contributed by atoms with E-state index in [-0.39, 0.29) is 5.91 Å². The van der Waals surface area contributed by atoms with Crippen molar-refractivity contribution in [3.63, 3.8) is 0 Å². The number of para-hydroxylation sites is 3. The molecule has 4 aromatic rings. The molecule has 0 unspecified atom stereocenters. The monoisotopic (exact) mass is 453 g/mol. The third-order valence-corrected chi connectivity index (χ3v) is 5.90. The van der Waals surface area contributed by atoms with E-state index in [1.54, 1.807) is 0 Å². The number of imidazole rings is 1. The van der Waals surface area contributed by atoms with E-state index in [0.29, 0.717) is 31.7 Å². The Balaban J connectivity index is 1.44. The Kier molecular flexibility index (Phi) is 7.43. The molecule has 1 amide bonds. The Morgan fingerprint density at radius 2 is 1.88 bits per heavy atom. The first-order valence-electron chi connectivity index (χ1n) is 11.7. The molecule has 0 fully saturated rings. The van der Waals surface area contributed by atoms with Crippen molar-refractivity contribution in [2.24, 2.45) is 0 Å². The Morgan fingerprint density at radius 3 is 2.71 bits per heavy atom. The highest BCUT2D eigenvalue weighted by Crippen LogP contribution is 2.20. The zero-order valence-electron chi connectivity index (χ0n) is 19.9. The molecule has 4 rings (SSSR count). The number of nitrogens with one attached hydrogen (secondary N) is 1. The number of carbonyl (C=O) groups excluding carboxylic acids is 1. The molecule has 0 bridgehead atoms. The average Bonchev–Trinajstić information content (AvgIpc) is 3.17. The molecule has 0 atom stereocenters. The summed E-state index contributed by atoms with van der Waals surface area (Å²) in [5, 5.41) is 3.05. The van der Waals surface area contributed by atoms with Gasteiger partial charge >= 0.3 is 0 Å². The molecule has 0 aliphatic carbocycles. The normalized spacial score (nSPS) is 10.9. The minimum Gasteiger partial charge on any atom is -0.491 e. The molecular formula is C29H31N3O2. The van der Waals surface area contributed by atoms with Crippen LogP contribution >= 0.6 is 0 Å². The number of ether oxygens (including phenoxy) is 1. The number of rotatable bonds is 10. The first-order chi connectivity index (χ1) is 16.6. The highest BCUT2D eigenvalue weighted by atomic mass is 16.5. The van der Waals surface area contributed by atoms with Crippen LogP contribution in [-0.4, -0.2) is 28.6 Å². The van der Waals surface area contributed by atoms with Crippen LogP contribution < -0.4 is 10.1 Å². The van der Waals surface area contributed by atoms with Crippen molar-refractivity contribution in [2.75, 3.05) is 13.2 Å². The Bertz CT molecular complexity index is 1310. The van der Waals surface area contributed by atoms with Gasteiger partial charge in [-0.2, -0.15) is 0 Å². The summed E-state index contributed by atoms with van der Waals surface area (Å²) in [6.07, 6.45) is 3.30. The summed E-state index contributed by atoms with van der Waals surface area (Å²) in [5.74, 6) is 1.77. The number of aryl methyl sites for hydroxylation is 2. The van der Waals surface area contributed by atoms with E-state index in [9.17, 15) is 4.79 Å². The molecule has 0 aliphatic rings. The molecule has 0 radical (unpaired) electrons. The van der Waals surface area contributed by atoms with Crippen LogP contribution in [0, 0.1) is 13.8 Å². The number of allylic oxidation sites excluding steroid dienone is 1. The number of nitrogens with zero attached hydrogens (tertiary/aromatic N) is 2. The second kappa shape index (κ2) is 10.8. The molecule has 1 heterocycles. The van der Waals surface area contributed by atoms with Gasteiger partial charge in [0.05, 0.1) is 17.6 Å². The topological polar surface area (TPSA) is 56.1 Å². The van der Waals surface area contributed by atoms with Gasteiger partial charge in [-0.15, -0.1) is 6.58 Å². The molecule has 174 valence electrons. The lowest BCUT2D eigenvalue weighted by atomic mass is 10.1. The highest BCUT2D eigenvalue weighted by molar-refractivity contribution is 5.95. The summed E-state index contributed by atoms with van der Waals surface area (Å²) < 4.78 is 8.31. The summed E-state index contributed by atoms with van der Waals surface area (Å²) >= 11 is 0. The lowest BCUT2D eigenvalue weighted by Gasteiger charge is -2.13. The van der Waals surface area contributed by atoms with Crippen molar-refractivity contribution in [1.82, 2.24) is 14.9 Å². The van der Waals surface area contributed by atoms with Gasteiger partial charge in [-0.05, 0) is 55.7 Å². The number of fused-ring (bicyclic) bond motifs is 1. The fourth-order valence-corrected chi connectivity index (χ4v) is 4.23. The summed E-state index contributed by atoms with van der Waals surface area (Å²) in [6.45, 7) is 9.54. The van der Waals surface area contributed by atoms with Crippen LogP contribution in [0.25, 0.3) is 11.0 Å². The van der Waals surface area contributed by atoms with Crippen molar-refractivity contribution >= 4 is 16.9 Å². The highest BCUT2D eigenvalue weighted by Gasteiger charge is 2.13. The predicted octanol–water partition coefficient (Wildman–Crippen LogP) is 5.43. The quantitative estimate of drug-likeness (QED) is 0.326. The number of benzene rings is 3. The summed E-state index contributed by atoms with van der Waals surface area (Å²) in [5.41, 5.74) is 6.00. The molecule has 5 heteroatoms. The van der Waals surface area contributed by atoms with Gasteiger partial charge in [-0.3, -0.25) is 4.79 Å². The van der Waals surface area contributed by atoms with Gasteiger partial charge in [0.2, 0.25) is 0 Å². The standard InChI is InChI=1S/C29H31N3O2/c1-4-9-23-10-5-8-13-27(23)34-19-18-32-26-12-7-6-11-25(26)31-28(32)16-17-30-29(33)24-15-14-21(2)20-22(24)3/h4-8,10-15,20H,1,9,16-19H2,2-3H3,(H,30,33). The van der Waals surface area contributed by atoms with Crippen LogP contribution in [0.15, 0.2) is 79.4 Å². The van der Waals surface area contributed by atoms with Crippen LogP contribution in [0.3, 0.4) is 0 Å². The van der Waals surface area contributed by atoms with E-state index < -0.39 is 0 Å². The van der Waals surface area contributed by atoms with Crippen LogP contribution in [0.2, 0.25) is 0 Å². The maximum Gasteiger partial charge on any atom is 0.251 e. The van der Waals surface area contributed by atoms with Crippen molar-refractivity contribution in [2.45, 2.75) is 33.2 Å². The molecule has 0 saturated carbocycles. The SMILES string of the molecule is C=CCc1ccccc1OCCn1c(CCNC(=O)c2ccc(C)cc2C)nc2ccccc21. The van der Waals surface area contributed by atoms with Crippen LogP contribution in [0.4, 0.5) is 0 Å². The van der Waals surface area contributed by atoms with Crippen LogP contribution in [-0.2, 0) is 19.4 Å². The molecule has 0 saturated heterocycles. The van der Waals surface area contributed by atoms with Crippen molar-refractivity contribution in [1.29, 1.82) is 0 Å². The molecule has 1 N–H and O–H groups in total. The lowest BCUT2D eigenvalue weighted by molar-refractivity contribution is 0.0953. The molecular weight excluding hydrogens is 422 g/mol. The largest absolute Gasteiger partial charge is 0.491 e. The van der Waals surface area contributed by atoms with E-state index in [2.05, 4.69) is 28.6 Å². The smallest absolute Gasteiger partial charge is 0.251 e. The fraction of sp³-hybridized carbons (Fsp3) is 0.241. The van der Waals surface area contributed by atoms with Gasteiger partial charge in [0.1, 0.15) is 18.2 Å². The number of hydrogen-bond acceptors (Lipinski definition) is 3. The van der Waals surface area contributed by atoms with E-state index in [0.717, 1.165) is 45.7 Å². The Labute approximate surface area is 201 Å². The summed E-state index contributed by atoms with van der Waals surface area (Å²) in [6, 6.07) is 22.0. The zero-order chi connectivity index (χ0) is 23.9. The molecule has 5 nitrogen and oxygen atoms in total. The Hall–Kier alpha value is -3.86. The minimum absolute atomic E-state index is 0.0534. The van der Waals surface area contributed by atoms with E-state index >= 15 is 0 Å². The fourth-order valence-electron chi connectivity index (χ4n) is 4.23. The number of amides is 1. The summed E-state index contributed by atoms with van der Waals surface area (Å²) in [4.78, 5) is 17.5. The third kappa shape index (κ3) is 5.37. The van der Waals surface area contributed by atoms with Crippen LogP contribution in [0.5, 0.6) is 5.75 Å². The van der Waals surface area contributed by atoms with Gasteiger partial charge in [-0.25, -0.2) is 4.98 Å². The van der Waals surface area contributed by atoms with Crippen molar-refractivity contribution in [3.8, 4) is 5.75 Å². The van der Waals surface area contributed by atoms with Crippen LogP contribution in [0.1, 0.15) is 32.9 Å². The molecule has 0 spiro atoms. The minimum atomic E-state index is -0.0534. The zero-order valence-corrected chi connectivity index (χ0v) is 19.9. The van der Waals surface area contributed by atoms with Gasteiger partial charge in [0.15, 0.2) is 0 Å². The first-order valence-corrected chi connectivity index (χ1v) is 11.7. The molecule has 34 heavy (non-hydrogen) atoms. The predicted molar refractivity (Wildman–Crippen MR) is 138 cm³/mol. The van der Waals surface area contributed by atoms with E-state index in [1.807, 2.05) is 74.5 Å². The molecule has 0 aliphatic heterocycles. The van der Waals surface area contributed by atoms with Gasteiger partial charge in [-0.1, -0.05) is 54.1 Å².